The van der Waals surface area contributed by atoms with Crippen LogP contribution in [0.5, 0.6) is 0 Å². The molecule has 0 spiro atoms. The summed E-state index contributed by atoms with van der Waals surface area (Å²) in [6.45, 7) is 4.78. The molecule has 2 amide bonds. The lowest BCUT2D eigenvalue weighted by molar-refractivity contribution is -0.135. The molecule has 0 fully saturated rings. The van der Waals surface area contributed by atoms with Gasteiger partial charge in [-0.2, -0.15) is 0 Å². The molecule has 0 aromatic heterocycles. The lowest BCUT2D eigenvalue weighted by Gasteiger charge is -2.29. The molecule has 0 unspecified atom stereocenters. The maximum absolute atomic E-state index is 13.2. The predicted octanol–water partition coefficient (Wildman–Crippen LogP) is 4.50. The zero-order valence-corrected chi connectivity index (χ0v) is 25.0. The van der Waals surface area contributed by atoms with Crippen LogP contribution in [0.4, 0.5) is 4.79 Å². The molecule has 0 aliphatic heterocycles. The Morgan fingerprint density at radius 2 is 1.64 bits per heavy atom. The fourth-order valence-electron chi connectivity index (χ4n) is 3.91. The van der Waals surface area contributed by atoms with Gasteiger partial charge in [-0.1, -0.05) is 41.9 Å². The Morgan fingerprint density at radius 1 is 0.976 bits per heavy atom. The van der Waals surface area contributed by atoms with Gasteiger partial charge in [0.1, 0.15) is 12.1 Å². The van der Waals surface area contributed by atoms with E-state index in [-0.39, 0.29) is 28.4 Å². The Balaban J connectivity index is 1.74. The molecule has 224 valence electrons. The second-order valence-corrected chi connectivity index (χ2v) is 12.9. The molecule has 3 N–H and O–H groups in total. The molecule has 0 aliphatic carbocycles. The lowest BCUT2D eigenvalue weighted by Crippen LogP contribution is -2.40. The van der Waals surface area contributed by atoms with Crippen LogP contribution in [0, 0.1) is 0 Å². The molecule has 0 saturated carbocycles. The fourth-order valence-corrected chi connectivity index (χ4v) is 5.41. The molecular formula is C30H33ClN2O8S. The monoisotopic (exact) mass is 616 g/mol. The van der Waals surface area contributed by atoms with Crippen LogP contribution in [0.3, 0.4) is 0 Å². The van der Waals surface area contributed by atoms with Crippen LogP contribution in [-0.4, -0.2) is 66.7 Å². The van der Waals surface area contributed by atoms with E-state index < -0.39 is 46.1 Å². The summed E-state index contributed by atoms with van der Waals surface area (Å²) in [4.78, 5) is 37.1. The number of nitrogens with one attached hydrogen (secondary N) is 1. The summed E-state index contributed by atoms with van der Waals surface area (Å²) in [5.74, 6) is -1.93. The first-order chi connectivity index (χ1) is 19.7. The number of carbonyl (C=O) groups excluding carboxylic acids is 2. The van der Waals surface area contributed by atoms with E-state index in [4.69, 9.17) is 21.4 Å². The van der Waals surface area contributed by atoms with Crippen LogP contribution in [0.25, 0.3) is 0 Å². The quantitative estimate of drug-likeness (QED) is 0.285. The first-order valence-electron chi connectivity index (χ1n) is 13.0. The molecule has 1 atom stereocenters. The van der Waals surface area contributed by atoms with E-state index in [2.05, 4.69) is 5.32 Å². The number of halogens is 1. The van der Waals surface area contributed by atoms with Gasteiger partial charge < -0.3 is 25.2 Å². The standard InChI is InChI=1S/C30H33ClN2O8S/c1-30(2,3)41-29(38)33(19-26(34)21-6-4-8-23(31)16-21)15-14-20-10-12-24(13-11-20)42(39,40)25-9-5-7-22(17-25)28(37)32-18-27(35)36/h4-13,16-17,26,34H,14-15,18-19H2,1-3H3,(H,32,37)(H,35,36)/t26-/m0/s1. The van der Waals surface area contributed by atoms with Crippen molar-refractivity contribution in [1.29, 1.82) is 0 Å². The molecule has 10 nitrogen and oxygen atoms in total. The number of carboxylic acids is 1. The van der Waals surface area contributed by atoms with Crippen LogP contribution in [0.15, 0.2) is 82.6 Å². The summed E-state index contributed by atoms with van der Waals surface area (Å²) < 4.78 is 32.0. The zero-order valence-electron chi connectivity index (χ0n) is 23.4. The van der Waals surface area contributed by atoms with Gasteiger partial charge in [-0.3, -0.25) is 9.59 Å². The number of aliphatic carboxylic acids is 1. The molecule has 3 rings (SSSR count). The summed E-state index contributed by atoms with van der Waals surface area (Å²) in [7, 11) is -3.98. The van der Waals surface area contributed by atoms with Crippen molar-refractivity contribution < 1.29 is 37.8 Å². The van der Waals surface area contributed by atoms with Crippen molar-refractivity contribution in [2.75, 3.05) is 19.6 Å². The highest BCUT2D eigenvalue weighted by molar-refractivity contribution is 7.91. The minimum atomic E-state index is -3.98. The number of benzene rings is 3. The topological polar surface area (TPSA) is 150 Å². The van der Waals surface area contributed by atoms with E-state index in [0.717, 1.165) is 5.56 Å². The second-order valence-electron chi connectivity index (χ2n) is 10.5. The molecule has 0 bridgehead atoms. The van der Waals surface area contributed by atoms with Crippen molar-refractivity contribution in [2.24, 2.45) is 0 Å². The van der Waals surface area contributed by atoms with Gasteiger partial charge in [0.05, 0.1) is 22.4 Å². The van der Waals surface area contributed by atoms with Gasteiger partial charge >= 0.3 is 12.1 Å². The highest BCUT2D eigenvalue weighted by atomic mass is 35.5. The Kier molecular flexibility index (Phi) is 10.7. The molecule has 0 heterocycles. The average molecular weight is 617 g/mol. The number of aliphatic hydroxyl groups excluding tert-OH is 1. The number of hydrogen-bond acceptors (Lipinski definition) is 7. The van der Waals surface area contributed by atoms with E-state index >= 15 is 0 Å². The second kappa shape index (κ2) is 13.8. The lowest BCUT2D eigenvalue weighted by atomic mass is 10.1. The Bertz CT molecular complexity index is 1540. The maximum Gasteiger partial charge on any atom is 0.410 e. The molecule has 3 aromatic carbocycles. The molecule has 12 heteroatoms. The van der Waals surface area contributed by atoms with E-state index in [1.807, 2.05) is 0 Å². The minimum Gasteiger partial charge on any atom is -0.480 e. The molecule has 0 radical (unpaired) electrons. The number of sulfone groups is 1. The molecule has 0 saturated heterocycles. The van der Waals surface area contributed by atoms with Crippen molar-refractivity contribution in [2.45, 2.75) is 48.7 Å². The summed E-state index contributed by atoms with van der Waals surface area (Å²) in [5, 5.41) is 22.2. The average Bonchev–Trinajstić information content (AvgIpc) is 2.93. The summed E-state index contributed by atoms with van der Waals surface area (Å²) >= 11 is 6.05. The van der Waals surface area contributed by atoms with Gasteiger partial charge in [0.25, 0.3) is 5.91 Å². The highest BCUT2D eigenvalue weighted by Crippen LogP contribution is 2.24. The van der Waals surface area contributed by atoms with Gasteiger partial charge in [-0.25, -0.2) is 13.2 Å². The molecule has 42 heavy (non-hydrogen) atoms. The number of carboxylic acid groups (broad SMARTS) is 1. The fraction of sp³-hybridized carbons (Fsp3) is 0.300. The van der Waals surface area contributed by atoms with Crippen LogP contribution in [-0.2, 0) is 25.8 Å². The van der Waals surface area contributed by atoms with Crippen molar-refractivity contribution in [3.05, 3.63) is 94.5 Å². The number of amides is 2. The zero-order chi connectivity index (χ0) is 31.1. The van der Waals surface area contributed by atoms with E-state index in [1.54, 1.807) is 57.2 Å². The molecular weight excluding hydrogens is 584 g/mol. The first-order valence-corrected chi connectivity index (χ1v) is 14.9. The largest absolute Gasteiger partial charge is 0.480 e. The number of ether oxygens (including phenoxy) is 1. The summed E-state index contributed by atoms with van der Waals surface area (Å²) in [6.07, 6.45) is -1.26. The van der Waals surface area contributed by atoms with Gasteiger partial charge in [0.2, 0.25) is 9.84 Å². The van der Waals surface area contributed by atoms with E-state index in [0.29, 0.717) is 17.0 Å². The van der Waals surface area contributed by atoms with Crippen LogP contribution in [0.2, 0.25) is 5.02 Å². The van der Waals surface area contributed by atoms with Crippen molar-refractivity contribution in [1.82, 2.24) is 10.2 Å². The number of carbonyl (C=O) groups is 3. The SMILES string of the molecule is CC(C)(C)OC(=O)N(CCc1ccc(S(=O)(=O)c2cccc(C(=O)NCC(=O)O)c2)cc1)C[C@H](O)c1cccc(Cl)c1. The van der Waals surface area contributed by atoms with Crippen molar-refractivity contribution >= 4 is 39.4 Å². The number of hydrogen-bond donors (Lipinski definition) is 3. The number of nitrogens with zero attached hydrogens (tertiary/aromatic N) is 1. The van der Waals surface area contributed by atoms with Gasteiger partial charge in [-0.15, -0.1) is 0 Å². The highest BCUT2D eigenvalue weighted by Gasteiger charge is 2.25. The van der Waals surface area contributed by atoms with Crippen LogP contribution >= 0.6 is 11.6 Å². The molecule has 0 aliphatic rings. The van der Waals surface area contributed by atoms with Crippen LogP contribution in [0.1, 0.15) is 48.4 Å². The van der Waals surface area contributed by atoms with Crippen molar-refractivity contribution in [3.8, 4) is 0 Å². The summed E-state index contributed by atoms with van der Waals surface area (Å²) in [6, 6.07) is 18.2. The van der Waals surface area contributed by atoms with E-state index in [1.165, 1.54) is 41.3 Å². The first kappa shape index (κ1) is 32.6. The number of aliphatic hydroxyl groups is 1. The predicted molar refractivity (Wildman–Crippen MR) is 156 cm³/mol. The Hall–Kier alpha value is -3.93. The smallest absolute Gasteiger partial charge is 0.410 e. The van der Waals surface area contributed by atoms with E-state index in [9.17, 15) is 27.9 Å². The third-order valence-corrected chi connectivity index (χ3v) is 7.99. The van der Waals surface area contributed by atoms with Gasteiger partial charge in [0, 0.05) is 17.1 Å². The Labute approximate surface area is 249 Å². The van der Waals surface area contributed by atoms with Crippen molar-refractivity contribution in [3.63, 3.8) is 0 Å². The summed E-state index contributed by atoms with van der Waals surface area (Å²) in [5.41, 5.74) is 0.548. The number of rotatable bonds is 11. The van der Waals surface area contributed by atoms with Crippen LogP contribution < -0.4 is 5.32 Å². The van der Waals surface area contributed by atoms with Gasteiger partial charge in [0.15, 0.2) is 0 Å². The third-order valence-electron chi connectivity index (χ3n) is 5.99. The normalized spacial score (nSPS) is 12.3. The maximum atomic E-state index is 13.2. The van der Waals surface area contributed by atoms with Gasteiger partial charge in [-0.05, 0) is 80.8 Å². The Morgan fingerprint density at radius 3 is 2.26 bits per heavy atom. The minimum absolute atomic E-state index is 0.00489. The third kappa shape index (κ3) is 9.30. The molecule has 3 aromatic rings.